The second kappa shape index (κ2) is 3.48. The van der Waals surface area contributed by atoms with Gasteiger partial charge in [-0.3, -0.25) is 10.1 Å². The fourth-order valence-electron chi connectivity index (χ4n) is 0.946. The number of carbonyl (C=O) groups is 1. The third-order valence-electron chi connectivity index (χ3n) is 1.82. The molecule has 2 N–H and O–H groups in total. The molecule has 0 aromatic rings. The molecule has 0 aliphatic carbocycles. The van der Waals surface area contributed by atoms with Crippen LogP contribution in [0.4, 0.5) is 0 Å². The van der Waals surface area contributed by atoms with E-state index in [1.54, 1.807) is 0 Å². The van der Waals surface area contributed by atoms with Crippen LogP contribution in [0.15, 0.2) is 0 Å². The lowest BCUT2D eigenvalue weighted by Crippen LogP contribution is -2.94. The summed E-state index contributed by atoms with van der Waals surface area (Å²) in [5.74, 6) is -1.42. The van der Waals surface area contributed by atoms with Crippen LogP contribution in [0.1, 0.15) is 13.8 Å². The van der Waals surface area contributed by atoms with Crippen molar-refractivity contribution in [2.75, 3.05) is 7.05 Å². The summed E-state index contributed by atoms with van der Waals surface area (Å²) < 4.78 is 0. The molecule has 0 aromatic heterocycles. The molecule has 0 saturated heterocycles. The van der Waals surface area contributed by atoms with Gasteiger partial charge in [-0.25, -0.2) is 0 Å². The minimum Gasteiger partial charge on any atom is -0.544 e. The molecule has 0 bridgehead atoms. The van der Waals surface area contributed by atoms with E-state index in [0.717, 1.165) is 0 Å². The number of carboxylic acids is 1. The van der Waals surface area contributed by atoms with Gasteiger partial charge in [0.1, 0.15) is 5.97 Å². The Morgan fingerprint density at radius 1 is 1.58 bits per heavy atom. The van der Waals surface area contributed by atoms with Crippen molar-refractivity contribution < 1.29 is 20.1 Å². The van der Waals surface area contributed by atoms with Crippen LogP contribution in [0.25, 0.3) is 0 Å². The topological polar surface area (TPSA) is 99.9 Å². The van der Waals surface area contributed by atoms with Crippen molar-refractivity contribution in [3.8, 4) is 0 Å². The predicted octanol–water partition coefficient (Wildman–Crippen LogP) is -2.65. The van der Waals surface area contributed by atoms with Crippen molar-refractivity contribution in [2.24, 2.45) is 0 Å². The van der Waals surface area contributed by atoms with Crippen molar-refractivity contribution in [3.05, 3.63) is 10.1 Å². The van der Waals surface area contributed by atoms with Gasteiger partial charge in [0, 0.05) is 18.8 Å². The van der Waals surface area contributed by atoms with Gasteiger partial charge in [0.15, 0.2) is 6.04 Å². The highest BCUT2D eigenvalue weighted by Crippen LogP contribution is 2.09. The van der Waals surface area contributed by atoms with Gasteiger partial charge >= 0.3 is 0 Å². The number of hydrogen-bond donors (Lipinski definition) is 1. The number of rotatable bonds is 4. The van der Waals surface area contributed by atoms with Gasteiger partial charge in [-0.15, -0.1) is 0 Å². The molecule has 0 amide bonds. The van der Waals surface area contributed by atoms with Gasteiger partial charge in [0.2, 0.25) is 0 Å². The van der Waals surface area contributed by atoms with E-state index in [-0.39, 0.29) is 0 Å². The van der Waals surface area contributed by atoms with Crippen LogP contribution < -0.4 is 10.4 Å². The number of quaternary nitrogens is 1. The third kappa shape index (κ3) is 1.91. The number of aliphatic carboxylic acids is 1. The Kier molecular flexibility index (Phi) is 3.15. The van der Waals surface area contributed by atoms with E-state index in [9.17, 15) is 20.0 Å². The average Bonchev–Trinajstić information content (AvgIpc) is 1.86. The SMILES string of the molecule is C[NH2+]C(C(=O)[O-])C(C)(C)[N+](=O)[O-]. The maximum atomic E-state index is 10.4. The summed E-state index contributed by atoms with van der Waals surface area (Å²) in [6.45, 7) is 2.51. The molecule has 0 heterocycles. The molecule has 0 radical (unpaired) electrons. The van der Waals surface area contributed by atoms with Gasteiger partial charge in [-0.2, -0.15) is 0 Å². The van der Waals surface area contributed by atoms with Crippen LogP contribution >= 0.6 is 0 Å². The smallest absolute Gasteiger partial charge is 0.272 e. The van der Waals surface area contributed by atoms with Crippen molar-refractivity contribution in [1.82, 2.24) is 0 Å². The fraction of sp³-hybridized carbons (Fsp3) is 0.833. The van der Waals surface area contributed by atoms with Crippen LogP contribution in [-0.4, -0.2) is 29.5 Å². The van der Waals surface area contributed by atoms with Gasteiger partial charge in [-0.1, -0.05) is 0 Å². The van der Waals surface area contributed by atoms with E-state index in [4.69, 9.17) is 0 Å². The lowest BCUT2D eigenvalue weighted by molar-refractivity contribution is -0.717. The Bertz CT molecular complexity index is 202. The van der Waals surface area contributed by atoms with Crippen molar-refractivity contribution in [1.29, 1.82) is 0 Å². The monoisotopic (exact) mass is 176 g/mol. The molecule has 1 atom stereocenters. The number of hydrogen-bond acceptors (Lipinski definition) is 4. The largest absolute Gasteiger partial charge is 0.544 e. The Balaban J connectivity index is 4.71. The van der Waals surface area contributed by atoms with E-state index >= 15 is 0 Å². The Hall–Kier alpha value is -1.17. The molecule has 0 rings (SSSR count). The lowest BCUT2D eigenvalue weighted by Gasteiger charge is -2.23. The molecule has 0 aliphatic heterocycles. The van der Waals surface area contributed by atoms with Crippen LogP contribution in [0.2, 0.25) is 0 Å². The summed E-state index contributed by atoms with van der Waals surface area (Å²) in [5.41, 5.74) is -1.51. The van der Waals surface area contributed by atoms with E-state index in [0.29, 0.717) is 0 Å². The minimum atomic E-state index is -1.51. The zero-order chi connectivity index (χ0) is 9.94. The molecule has 6 heteroatoms. The molecule has 12 heavy (non-hydrogen) atoms. The predicted molar refractivity (Wildman–Crippen MR) is 37.7 cm³/mol. The molecule has 0 aliphatic rings. The normalized spacial score (nSPS) is 13.9. The molecular weight excluding hydrogens is 164 g/mol. The minimum absolute atomic E-state index is 0.618. The Morgan fingerprint density at radius 3 is 2.08 bits per heavy atom. The van der Waals surface area contributed by atoms with Gasteiger partial charge in [-0.05, 0) is 0 Å². The Morgan fingerprint density at radius 2 is 2.00 bits per heavy atom. The van der Waals surface area contributed by atoms with Crippen LogP contribution in [0.5, 0.6) is 0 Å². The van der Waals surface area contributed by atoms with Crippen LogP contribution in [0.3, 0.4) is 0 Å². The second-order valence-corrected chi connectivity index (χ2v) is 3.04. The van der Waals surface area contributed by atoms with E-state index in [2.05, 4.69) is 0 Å². The molecule has 0 aromatic carbocycles. The van der Waals surface area contributed by atoms with Crippen molar-refractivity contribution in [2.45, 2.75) is 25.4 Å². The molecule has 0 saturated carbocycles. The molecule has 1 unspecified atom stereocenters. The highest BCUT2D eigenvalue weighted by molar-refractivity contribution is 5.70. The number of nitrogens with two attached hydrogens (primary N) is 1. The highest BCUT2D eigenvalue weighted by atomic mass is 16.6. The first-order chi connectivity index (χ1) is 5.34. The molecule has 6 nitrogen and oxygen atoms in total. The lowest BCUT2D eigenvalue weighted by atomic mass is 9.96. The van der Waals surface area contributed by atoms with Gasteiger partial charge < -0.3 is 15.2 Å². The highest BCUT2D eigenvalue weighted by Gasteiger charge is 2.44. The molecule has 0 fully saturated rings. The second-order valence-electron chi connectivity index (χ2n) is 3.04. The van der Waals surface area contributed by atoms with E-state index < -0.39 is 22.5 Å². The van der Waals surface area contributed by atoms with Crippen LogP contribution in [0, 0.1) is 10.1 Å². The van der Waals surface area contributed by atoms with Gasteiger partial charge in [0.05, 0.1) is 7.05 Å². The summed E-state index contributed by atoms with van der Waals surface area (Å²) in [5, 5.41) is 22.1. The van der Waals surface area contributed by atoms with Crippen molar-refractivity contribution >= 4 is 5.97 Å². The summed E-state index contributed by atoms with van der Waals surface area (Å²) in [6.07, 6.45) is 0. The van der Waals surface area contributed by atoms with Gasteiger partial charge in [0.25, 0.3) is 5.54 Å². The van der Waals surface area contributed by atoms with E-state index in [1.165, 1.54) is 26.2 Å². The first kappa shape index (κ1) is 10.8. The summed E-state index contributed by atoms with van der Waals surface area (Å²) in [7, 11) is 1.46. The maximum Gasteiger partial charge on any atom is 0.272 e. The van der Waals surface area contributed by atoms with E-state index in [1.807, 2.05) is 0 Å². The first-order valence-electron chi connectivity index (χ1n) is 3.49. The van der Waals surface area contributed by atoms with Crippen LogP contribution in [-0.2, 0) is 4.79 Å². The summed E-state index contributed by atoms with van der Waals surface area (Å²) >= 11 is 0. The summed E-state index contributed by atoms with van der Waals surface area (Å²) in [6, 6.07) is -1.16. The van der Waals surface area contributed by atoms with Crippen molar-refractivity contribution in [3.63, 3.8) is 0 Å². The quantitative estimate of drug-likeness (QED) is 0.373. The third-order valence-corrected chi connectivity index (χ3v) is 1.82. The number of nitrogens with zero attached hydrogens (tertiary/aromatic N) is 1. The Labute approximate surface area is 69.7 Å². The number of carboxylic acid groups (broad SMARTS) is 1. The summed E-state index contributed by atoms with van der Waals surface area (Å²) in [4.78, 5) is 20.2. The molecular formula is C6H12N2O4. The zero-order valence-electron chi connectivity index (χ0n) is 7.23. The first-order valence-corrected chi connectivity index (χ1v) is 3.49. The number of nitro groups is 1. The number of likely N-dealkylation sites (N-methyl/N-ethyl adjacent to an activating group) is 1. The molecule has 0 spiro atoms. The fourth-order valence-corrected chi connectivity index (χ4v) is 0.946. The number of carbonyl (C=O) groups excluding carboxylic acids is 1. The maximum absolute atomic E-state index is 10.4. The molecule has 70 valence electrons. The average molecular weight is 176 g/mol. The standard InChI is InChI=1S/C6H12N2O4/c1-6(2,8(11)12)4(7-3)5(9)10/h4,7H,1-3H3,(H,9,10). The zero-order valence-corrected chi connectivity index (χ0v) is 7.23.